The number of nitrogens with zero attached hydrogens (tertiary/aromatic N) is 4. The van der Waals surface area contributed by atoms with Gasteiger partial charge in [0, 0.05) is 23.1 Å². The van der Waals surface area contributed by atoms with E-state index < -0.39 is 26.4 Å². The second-order valence-corrected chi connectivity index (χ2v) is 10.7. The van der Waals surface area contributed by atoms with E-state index in [9.17, 15) is 17.2 Å². The zero-order valence-corrected chi connectivity index (χ0v) is 19.4. The van der Waals surface area contributed by atoms with Crippen molar-refractivity contribution in [2.45, 2.75) is 25.6 Å². The van der Waals surface area contributed by atoms with Gasteiger partial charge in [-0.05, 0) is 31.5 Å². The summed E-state index contributed by atoms with van der Waals surface area (Å²) in [4.78, 5) is 6.47. The maximum Gasteiger partial charge on any atom is 0.241 e. The van der Waals surface area contributed by atoms with Gasteiger partial charge in [-0.15, -0.1) is 21.5 Å². The van der Waals surface area contributed by atoms with E-state index in [0.29, 0.717) is 11.3 Å². The first-order chi connectivity index (χ1) is 15.1. The fourth-order valence-corrected chi connectivity index (χ4v) is 5.86. The summed E-state index contributed by atoms with van der Waals surface area (Å²) in [6.45, 7) is 3.53. The lowest BCUT2D eigenvalue weighted by atomic mass is 10.0. The lowest BCUT2D eigenvalue weighted by Crippen LogP contribution is -2.32. The second kappa shape index (κ2) is 8.76. The number of fused-ring (bicyclic) bond motifs is 1. The average molecular weight is 498 g/mol. The zero-order chi connectivity index (χ0) is 23.0. The minimum atomic E-state index is -3.71. The van der Waals surface area contributed by atoms with Gasteiger partial charge < -0.3 is 13.5 Å². The molecular formula is C17H17N6O6S3-. The van der Waals surface area contributed by atoms with Crippen molar-refractivity contribution in [1.29, 1.82) is 0 Å². The number of aryl methyl sites for hydroxylation is 2. The van der Waals surface area contributed by atoms with Crippen molar-refractivity contribution in [3.8, 4) is 11.1 Å². The van der Waals surface area contributed by atoms with E-state index in [4.69, 9.17) is 8.94 Å². The highest BCUT2D eigenvalue weighted by molar-refractivity contribution is 7.91. The van der Waals surface area contributed by atoms with Gasteiger partial charge in [0.2, 0.25) is 11.8 Å². The van der Waals surface area contributed by atoms with E-state index in [1.165, 1.54) is 11.3 Å². The topological polar surface area (TPSA) is 176 Å². The molecule has 0 radical (unpaired) electrons. The summed E-state index contributed by atoms with van der Waals surface area (Å²) in [7, 11) is -3.71. The third-order valence-electron chi connectivity index (χ3n) is 4.48. The first-order valence-electron chi connectivity index (χ1n) is 9.06. The Bertz CT molecular complexity index is 1390. The normalized spacial score (nSPS) is 14.1. The molecule has 0 amide bonds. The van der Waals surface area contributed by atoms with Crippen LogP contribution in [0.3, 0.4) is 0 Å². The van der Waals surface area contributed by atoms with Gasteiger partial charge in [0.25, 0.3) is 0 Å². The van der Waals surface area contributed by atoms with E-state index in [-0.39, 0.29) is 23.3 Å². The minimum absolute atomic E-state index is 0.00778. The quantitative estimate of drug-likeness (QED) is 0.266. The highest BCUT2D eigenvalue weighted by Crippen LogP contribution is 2.37. The molecule has 2 N–H and O–H groups in total. The van der Waals surface area contributed by atoms with E-state index >= 15 is 0 Å². The molecule has 0 fully saturated rings. The van der Waals surface area contributed by atoms with Crippen LogP contribution in [-0.4, -0.2) is 43.8 Å². The second-order valence-electron chi connectivity index (χ2n) is 6.87. The first-order valence-corrected chi connectivity index (χ1v) is 12.9. The number of hydrogen-bond donors (Lipinski definition) is 2. The Kier molecular flexibility index (Phi) is 6.19. The van der Waals surface area contributed by atoms with Gasteiger partial charge in [-0.1, -0.05) is 11.2 Å². The van der Waals surface area contributed by atoms with Gasteiger partial charge in [-0.25, -0.2) is 18.8 Å². The molecule has 0 saturated heterocycles. The average Bonchev–Trinajstić information content (AvgIpc) is 3.39. The number of sulfone groups is 1. The van der Waals surface area contributed by atoms with Crippen LogP contribution < -0.4 is 10.3 Å². The molecule has 0 aliphatic rings. The molecule has 170 valence electrons. The van der Waals surface area contributed by atoms with Crippen LogP contribution in [-0.2, 0) is 27.6 Å². The van der Waals surface area contributed by atoms with E-state index in [1.807, 2.05) is 36.9 Å². The smallest absolute Gasteiger partial charge is 0.241 e. The molecule has 0 spiro atoms. The van der Waals surface area contributed by atoms with Crippen molar-refractivity contribution >= 4 is 42.7 Å². The Labute approximate surface area is 188 Å². The van der Waals surface area contributed by atoms with E-state index in [1.54, 1.807) is 0 Å². The summed E-state index contributed by atoms with van der Waals surface area (Å²) in [6, 6.07) is 5.60. The van der Waals surface area contributed by atoms with Crippen LogP contribution in [0.1, 0.15) is 33.5 Å². The predicted octanol–water partition coefficient (Wildman–Crippen LogP) is 1.47. The number of aromatic nitrogens is 4. The van der Waals surface area contributed by atoms with Crippen LogP contribution in [0.5, 0.6) is 0 Å². The van der Waals surface area contributed by atoms with Crippen molar-refractivity contribution in [2.24, 2.45) is 0 Å². The van der Waals surface area contributed by atoms with Gasteiger partial charge >= 0.3 is 0 Å². The first kappa shape index (κ1) is 22.6. The SMILES string of the molecule is Cc1noc(C)c1-c1ccc2sc(C(c3nnc(CNNS(=O)[O-])o3)S(C)(=O)=O)nc2c1. The summed E-state index contributed by atoms with van der Waals surface area (Å²) in [5.74, 6) is 0.527. The van der Waals surface area contributed by atoms with Gasteiger partial charge in [-0.3, -0.25) is 4.21 Å². The summed E-state index contributed by atoms with van der Waals surface area (Å²) >= 11 is -1.32. The monoisotopic (exact) mass is 497 g/mol. The van der Waals surface area contributed by atoms with Gasteiger partial charge in [0.05, 0.1) is 22.5 Å². The van der Waals surface area contributed by atoms with Crippen LogP contribution in [0.4, 0.5) is 0 Å². The Morgan fingerprint density at radius 1 is 1.28 bits per heavy atom. The van der Waals surface area contributed by atoms with Crippen molar-refractivity contribution in [1.82, 2.24) is 30.6 Å². The van der Waals surface area contributed by atoms with Crippen LogP contribution in [0.25, 0.3) is 21.3 Å². The van der Waals surface area contributed by atoms with Crippen LogP contribution >= 0.6 is 11.3 Å². The van der Waals surface area contributed by atoms with Crippen LogP contribution in [0.2, 0.25) is 0 Å². The molecular weight excluding hydrogens is 480 g/mol. The van der Waals surface area contributed by atoms with Crippen molar-refractivity contribution in [3.63, 3.8) is 0 Å². The lowest BCUT2D eigenvalue weighted by molar-refractivity contribution is 0.393. The van der Waals surface area contributed by atoms with Crippen molar-refractivity contribution < 1.29 is 26.1 Å². The van der Waals surface area contributed by atoms with Gasteiger partial charge in [0.15, 0.2) is 15.1 Å². The largest absolute Gasteiger partial charge is 0.759 e. The molecule has 0 bridgehead atoms. The number of benzene rings is 1. The molecule has 32 heavy (non-hydrogen) atoms. The zero-order valence-electron chi connectivity index (χ0n) is 17.0. The number of rotatable bonds is 8. The third kappa shape index (κ3) is 4.62. The van der Waals surface area contributed by atoms with Gasteiger partial charge in [-0.2, -0.15) is 4.83 Å². The fourth-order valence-electron chi connectivity index (χ4n) is 3.19. The Hall–Kier alpha value is -2.56. The molecule has 15 heteroatoms. The Morgan fingerprint density at radius 2 is 2.06 bits per heavy atom. The summed E-state index contributed by atoms with van der Waals surface area (Å²) in [5.41, 5.74) is 5.42. The van der Waals surface area contributed by atoms with E-state index in [0.717, 1.165) is 27.8 Å². The molecule has 3 aromatic heterocycles. The lowest BCUT2D eigenvalue weighted by Gasteiger charge is -2.08. The summed E-state index contributed by atoms with van der Waals surface area (Å²) in [5, 5.41) is 10.6. The molecule has 4 aromatic rings. The molecule has 4 rings (SSSR count). The summed E-state index contributed by atoms with van der Waals surface area (Å²) < 4.78 is 57.6. The molecule has 12 nitrogen and oxygen atoms in total. The number of nitrogens with one attached hydrogen (secondary N) is 2. The Morgan fingerprint density at radius 3 is 2.72 bits per heavy atom. The number of hydrogen-bond acceptors (Lipinski definition) is 12. The minimum Gasteiger partial charge on any atom is -0.759 e. The maximum atomic E-state index is 12.6. The maximum absolute atomic E-state index is 12.6. The standard InChI is InChI=1S/C17H18N6O6S3/c1-8-14(9(2)29-22-8)10-4-5-12-11(6-10)19-17(30-12)15(32(3,26)27)16-21-20-13(28-16)7-18-23-31(24)25/h4-6,15,18,23H,7H2,1-3H3,(H,24,25)/p-1. The molecule has 2 unspecified atom stereocenters. The molecule has 0 aliphatic heterocycles. The predicted molar refractivity (Wildman–Crippen MR) is 114 cm³/mol. The number of thiazole rings is 1. The van der Waals surface area contributed by atoms with Crippen molar-refractivity contribution in [3.05, 3.63) is 46.4 Å². The third-order valence-corrected chi connectivity index (χ3v) is 7.32. The van der Waals surface area contributed by atoms with Gasteiger partial charge in [0.1, 0.15) is 10.8 Å². The molecule has 0 saturated carbocycles. The molecule has 3 heterocycles. The Balaban J connectivity index is 1.69. The number of hydrazine groups is 1. The van der Waals surface area contributed by atoms with Crippen LogP contribution in [0.15, 0.2) is 27.1 Å². The highest BCUT2D eigenvalue weighted by Gasteiger charge is 2.34. The van der Waals surface area contributed by atoms with Crippen LogP contribution in [0, 0.1) is 13.8 Å². The molecule has 0 aliphatic carbocycles. The highest BCUT2D eigenvalue weighted by atomic mass is 32.2. The molecule has 2 atom stereocenters. The summed E-state index contributed by atoms with van der Waals surface area (Å²) in [6.07, 6.45) is 1.06. The molecule has 1 aromatic carbocycles. The van der Waals surface area contributed by atoms with Crippen molar-refractivity contribution in [2.75, 3.05) is 6.26 Å². The fraction of sp³-hybridized carbons (Fsp3) is 0.294. The van der Waals surface area contributed by atoms with E-state index in [2.05, 4.69) is 25.8 Å².